The molecule has 0 fully saturated rings. The number of halogens is 1. The molecule has 5 rings (SSSR count). The Hall–Kier alpha value is -4.76. The van der Waals surface area contributed by atoms with Gasteiger partial charge < -0.3 is 28.4 Å². The fourth-order valence-electron chi connectivity index (χ4n) is 4.58. The molecular weight excluding hydrogens is 548 g/mol. The van der Waals surface area contributed by atoms with Crippen molar-refractivity contribution in [3.05, 3.63) is 112 Å². The molecule has 0 saturated heterocycles. The smallest absolute Gasteiger partial charge is 0.258 e. The molecule has 0 bridgehead atoms. The fourth-order valence-corrected chi connectivity index (χ4v) is 4.75. The number of fused-ring (bicyclic) bond motifs is 2. The molecule has 0 aliphatic carbocycles. The van der Waals surface area contributed by atoms with Crippen LogP contribution in [0.15, 0.2) is 88.8 Å². The number of hydrogen-bond donors (Lipinski definition) is 0. The molecule has 4 aromatic rings. The first-order valence-corrected chi connectivity index (χ1v) is 13.1. The highest BCUT2D eigenvalue weighted by molar-refractivity contribution is 6.31. The number of amides is 2. The quantitative estimate of drug-likeness (QED) is 0.245. The topological polar surface area (TPSA) is 98.5 Å². The average Bonchev–Trinajstić information content (AvgIpc) is 3.45. The van der Waals surface area contributed by atoms with Crippen molar-refractivity contribution >= 4 is 34.4 Å². The Bertz CT molecular complexity index is 1680. The second-order valence-corrected chi connectivity index (χ2v) is 9.78. The average molecular weight is 575 g/mol. The molecule has 2 heterocycles. The van der Waals surface area contributed by atoms with Crippen LogP contribution in [0.5, 0.6) is 17.2 Å². The number of carbonyl (C=O) groups excluding carboxylic acids is 2. The summed E-state index contributed by atoms with van der Waals surface area (Å²) in [7, 11) is 1.48. The van der Waals surface area contributed by atoms with Crippen molar-refractivity contribution in [3.8, 4) is 17.2 Å². The Labute approximate surface area is 241 Å². The van der Waals surface area contributed by atoms with E-state index in [1.165, 1.54) is 29.2 Å². The molecule has 0 unspecified atom stereocenters. The van der Waals surface area contributed by atoms with Gasteiger partial charge in [-0.25, -0.2) is 0 Å². The van der Waals surface area contributed by atoms with E-state index in [1.54, 1.807) is 54.6 Å². The predicted octanol–water partition coefficient (Wildman–Crippen LogP) is 5.04. The van der Waals surface area contributed by atoms with Gasteiger partial charge >= 0.3 is 0 Å². The van der Waals surface area contributed by atoms with Crippen LogP contribution in [0, 0.1) is 0 Å². The first-order chi connectivity index (χ1) is 19.9. The van der Waals surface area contributed by atoms with Gasteiger partial charge in [0.2, 0.25) is 12.7 Å². The molecule has 41 heavy (non-hydrogen) atoms. The van der Waals surface area contributed by atoms with E-state index in [1.807, 2.05) is 6.07 Å². The first kappa shape index (κ1) is 27.8. The summed E-state index contributed by atoms with van der Waals surface area (Å²) in [6.07, 6.45) is 2.89. The third-order valence-corrected chi connectivity index (χ3v) is 6.87. The lowest BCUT2D eigenvalue weighted by Gasteiger charge is -2.27. The minimum absolute atomic E-state index is 0.0666. The number of ether oxygens (including phenoxy) is 3. The molecule has 0 radical (unpaired) electrons. The summed E-state index contributed by atoms with van der Waals surface area (Å²) in [4.78, 5) is 43.5. The highest BCUT2D eigenvalue weighted by Gasteiger charge is 2.25. The van der Waals surface area contributed by atoms with Crippen LogP contribution < -0.4 is 19.6 Å². The van der Waals surface area contributed by atoms with E-state index in [4.69, 9.17) is 30.2 Å². The van der Waals surface area contributed by atoms with Crippen LogP contribution in [0.25, 0.3) is 11.0 Å². The van der Waals surface area contributed by atoms with Crippen molar-refractivity contribution in [1.29, 1.82) is 0 Å². The van der Waals surface area contributed by atoms with Crippen LogP contribution in [0.1, 0.15) is 21.5 Å². The summed E-state index contributed by atoms with van der Waals surface area (Å²) in [5.74, 6) is 0.785. The second-order valence-electron chi connectivity index (χ2n) is 9.34. The molecule has 9 nitrogen and oxygen atoms in total. The number of rotatable bonds is 10. The highest BCUT2D eigenvalue weighted by Crippen LogP contribution is 2.33. The van der Waals surface area contributed by atoms with Gasteiger partial charge in [-0.2, -0.15) is 0 Å². The second kappa shape index (κ2) is 12.2. The van der Waals surface area contributed by atoms with Gasteiger partial charge in [0.05, 0.1) is 36.4 Å². The van der Waals surface area contributed by atoms with Crippen molar-refractivity contribution in [3.63, 3.8) is 0 Å². The summed E-state index contributed by atoms with van der Waals surface area (Å²) < 4.78 is 21.9. The Morgan fingerprint density at radius 3 is 2.63 bits per heavy atom. The lowest BCUT2D eigenvalue weighted by atomic mass is 10.1. The molecule has 0 atom stereocenters. The van der Waals surface area contributed by atoms with Crippen molar-refractivity contribution in [1.82, 2.24) is 9.80 Å². The monoisotopic (exact) mass is 574 g/mol. The van der Waals surface area contributed by atoms with Crippen LogP contribution in [-0.2, 0) is 17.9 Å². The largest absolute Gasteiger partial charge is 0.496 e. The minimum atomic E-state index is -0.390. The number of para-hydroxylation sites is 1. The zero-order valence-electron chi connectivity index (χ0n) is 22.3. The summed E-state index contributed by atoms with van der Waals surface area (Å²) >= 11 is 6.12. The number of hydrogen-bond acceptors (Lipinski definition) is 7. The molecule has 1 aromatic heterocycles. The van der Waals surface area contributed by atoms with Gasteiger partial charge in [0.1, 0.15) is 17.9 Å². The third kappa shape index (κ3) is 6.05. The van der Waals surface area contributed by atoms with E-state index in [2.05, 4.69) is 6.58 Å². The normalized spacial score (nSPS) is 11.8. The van der Waals surface area contributed by atoms with Gasteiger partial charge in [-0.15, -0.1) is 6.58 Å². The summed E-state index contributed by atoms with van der Waals surface area (Å²) in [5, 5.41) is 0.704. The first-order valence-electron chi connectivity index (χ1n) is 12.8. The Kier molecular flexibility index (Phi) is 8.26. The SMILES string of the molecule is C=CCN(CC(=O)N(Cc1ccc2c(c1)OCO2)Cc1coc2ccc(Cl)cc2c1=O)C(=O)c1ccccc1OC. The molecule has 0 N–H and O–H groups in total. The van der Waals surface area contributed by atoms with Gasteiger partial charge in [0.15, 0.2) is 16.9 Å². The highest BCUT2D eigenvalue weighted by atomic mass is 35.5. The molecular formula is C31H27ClN2O7. The number of methoxy groups -OCH3 is 1. The van der Waals surface area contributed by atoms with Crippen molar-refractivity contribution < 1.29 is 28.2 Å². The lowest BCUT2D eigenvalue weighted by Crippen LogP contribution is -2.43. The molecule has 210 valence electrons. The molecule has 1 aliphatic heterocycles. The Morgan fingerprint density at radius 1 is 1.02 bits per heavy atom. The molecule has 0 saturated carbocycles. The van der Waals surface area contributed by atoms with Crippen molar-refractivity contribution in [2.45, 2.75) is 13.1 Å². The zero-order valence-corrected chi connectivity index (χ0v) is 23.1. The Balaban J connectivity index is 1.46. The maximum atomic E-state index is 13.8. The van der Waals surface area contributed by atoms with Gasteiger partial charge in [0.25, 0.3) is 5.91 Å². The summed E-state index contributed by atoms with van der Waals surface area (Å²) in [6, 6.07) is 17.0. The summed E-state index contributed by atoms with van der Waals surface area (Å²) in [5.41, 5.74) is 1.42. The Morgan fingerprint density at radius 2 is 1.83 bits per heavy atom. The van der Waals surface area contributed by atoms with E-state index < -0.39 is 11.8 Å². The van der Waals surface area contributed by atoms with Gasteiger partial charge in [-0.1, -0.05) is 35.9 Å². The predicted molar refractivity (Wildman–Crippen MR) is 153 cm³/mol. The van der Waals surface area contributed by atoms with E-state index in [-0.39, 0.29) is 44.0 Å². The van der Waals surface area contributed by atoms with Crippen LogP contribution in [-0.4, -0.2) is 48.6 Å². The minimum Gasteiger partial charge on any atom is -0.496 e. The van der Waals surface area contributed by atoms with Crippen molar-refractivity contribution in [2.75, 3.05) is 27.0 Å². The van der Waals surface area contributed by atoms with E-state index in [9.17, 15) is 14.4 Å². The van der Waals surface area contributed by atoms with Gasteiger partial charge in [0, 0.05) is 18.1 Å². The molecule has 2 amide bonds. The van der Waals surface area contributed by atoms with Crippen LogP contribution >= 0.6 is 11.6 Å². The van der Waals surface area contributed by atoms with Crippen LogP contribution in [0.2, 0.25) is 5.02 Å². The van der Waals surface area contributed by atoms with Gasteiger partial charge in [-0.3, -0.25) is 14.4 Å². The van der Waals surface area contributed by atoms with Crippen LogP contribution in [0.4, 0.5) is 0 Å². The van der Waals surface area contributed by atoms with E-state index in [0.29, 0.717) is 38.8 Å². The number of benzene rings is 3. The molecule has 3 aromatic carbocycles. The standard InChI is InChI=1S/C31H27ClN2O7/c1-3-12-33(31(37)23-6-4-5-7-25(23)38-2)17-29(35)34(15-20-8-10-27-28(13-20)41-19-40-27)16-21-18-39-26-11-9-22(32)14-24(26)30(21)36/h3-11,13-14,18H,1,12,15-17,19H2,2H3. The molecule has 10 heteroatoms. The maximum Gasteiger partial charge on any atom is 0.258 e. The summed E-state index contributed by atoms with van der Waals surface area (Å²) in [6.45, 7) is 3.78. The van der Waals surface area contributed by atoms with Crippen LogP contribution in [0.3, 0.4) is 0 Å². The lowest BCUT2D eigenvalue weighted by molar-refractivity contribution is -0.133. The zero-order chi connectivity index (χ0) is 28.9. The molecule has 1 aliphatic rings. The number of carbonyl (C=O) groups is 2. The van der Waals surface area contributed by atoms with E-state index >= 15 is 0 Å². The van der Waals surface area contributed by atoms with E-state index in [0.717, 1.165) is 5.56 Å². The van der Waals surface area contributed by atoms with Gasteiger partial charge in [-0.05, 0) is 48.0 Å². The number of nitrogens with zero attached hydrogens (tertiary/aromatic N) is 2. The molecule has 0 spiro atoms. The fraction of sp³-hybridized carbons (Fsp3) is 0.194. The third-order valence-electron chi connectivity index (χ3n) is 6.63. The van der Waals surface area contributed by atoms with Crippen molar-refractivity contribution in [2.24, 2.45) is 0 Å². The maximum absolute atomic E-state index is 13.8.